The quantitative estimate of drug-likeness (QED) is 0.565. The monoisotopic (exact) mass is 244 g/mol. The van der Waals surface area contributed by atoms with Crippen LogP contribution >= 0.6 is 0 Å². The number of hydrogen-bond acceptors (Lipinski definition) is 3. The first kappa shape index (κ1) is 16.9. The van der Waals surface area contributed by atoms with Crippen molar-refractivity contribution in [2.24, 2.45) is 0 Å². The fourth-order valence-corrected chi connectivity index (χ4v) is 2.17. The van der Waals surface area contributed by atoms with Crippen molar-refractivity contribution in [3.8, 4) is 0 Å². The Bertz CT molecular complexity index is 162. The normalized spacial score (nSPS) is 13.6. The predicted octanol–water partition coefficient (Wildman–Crippen LogP) is 2.51. The van der Waals surface area contributed by atoms with Crippen LogP contribution in [0.5, 0.6) is 0 Å². The Morgan fingerprint density at radius 3 is 2.41 bits per heavy atom. The van der Waals surface area contributed by atoms with Gasteiger partial charge in [0.25, 0.3) is 0 Å². The lowest BCUT2D eigenvalue weighted by molar-refractivity contribution is 0.0975. The van der Waals surface area contributed by atoms with Crippen LogP contribution in [0.15, 0.2) is 0 Å². The predicted molar refractivity (Wildman–Crippen MR) is 75.6 cm³/mol. The highest BCUT2D eigenvalue weighted by atomic mass is 16.5. The number of nitrogens with zero attached hydrogens (tertiary/aromatic N) is 1. The minimum absolute atomic E-state index is 0.601. The molecule has 17 heavy (non-hydrogen) atoms. The summed E-state index contributed by atoms with van der Waals surface area (Å²) in [5.41, 5.74) is 0. The van der Waals surface area contributed by atoms with Crippen molar-refractivity contribution >= 4 is 0 Å². The molecule has 0 rings (SSSR count). The van der Waals surface area contributed by atoms with Crippen LogP contribution in [0.1, 0.15) is 47.0 Å². The highest BCUT2D eigenvalue weighted by Gasteiger charge is 2.15. The number of ether oxygens (including phenoxy) is 1. The molecule has 0 aromatic heterocycles. The molecule has 0 saturated carbocycles. The number of hydrogen-bond donors (Lipinski definition) is 1. The highest BCUT2D eigenvalue weighted by Crippen LogP contribution is 2.10. The van der Waals surface area contributed by atoms with E-state index in [4.69, 9.17) is 4.74 Å². The highest BCUT2D eigenvalue weighted by molar-refractivity contribution is 4.71. The topological polar surface area (TPSA) is 24.5 Å². The second kappa shape index (κ2) is 11.0. The molecule has 0 aliphatic carbocycles. The Labute approximate surface area is 108 Å². The zero-order valence-corrected chi connectivity index (χ0v) is 12.5. The van der Waals surface area contributed by atoms with Crippen molar-refractivity contribution in [1.29, 1.82) is 0 Å². The van der Waals surface area contributed by atoms with E-state index in [9.17, 15) is 0 Å². The van der Waals surface area contributed by atoms with Crippen LogP contribution < -0.4 is 5.32 Å². The molecule has 0 aliphatic rings. The molecular formula is C14H32N2O. The third-order valence-corrected chi connectivity index (χ3v) is 3.19. The summed E-state index contributed by atoms with van der Waals surface area (Å²) in [6, 6.07) is 1.25. The third-order valence-electron chi connectivity index (χ3n) is 3.19. The van der Waals surface area contributed by atoms with Gasteiger partial charge in [0.15, 0.2) is 0 Å². The largest absolute Gasteiger partial charge is 0.383 e. The number of methoxy groups -OCH3 is 1. The summed E-state index contributed by atoms with van der Waals surface area (Å²) in [6.45, 7) is 13.2. The Hall–Kier alpha value is -0.120. The van der Waals surface area contributed by atoms with E-state index in [1.807, 2.05) is 0 Å². The van der Waals surface area contributed by atoms with E-state index in [0.29, 0.717) is 12.1 Å². The van der Waals surface area contributed by atoms with Crippen molar-refractivity contribution in [2.45, 2.75) is 59.0 Å². The summed E-state index contributed by atoms with van der Waals surface area (Å²) in [6.07, 6.45) is 3.75. The van der Waals surface area contributed by atoms with Gasteiger partial charge in [-0.05, 0) is 53.1 Å². The van der Waals surface area contributed by atoms with Gasteiger partial charge in [0.2, 0.25) is 0 Å². The van der Waals surface area contributed by atoms with E-state index < -0.39 is 0 Å². The molecule has 104 valence electrons. The Kier molecular flexibility index (Phi) is 10.9. The Morgan fingerprint density at radius 1 is 1.18 bits per heavy atom. The first-order chi connectivity index (χ1) is 8.13. The molecule has 0 saturated heterocycles. The van der Waals surface area contributed by atoms with Crippen LogP contribution in [0.4, 0.5) is 0 Å². The Morgan fingerprint density at radius 2 is 1.88 bits per heavy atom. The standard InChI is InChI=1S/C14H32N2O/c1-6-9-15-10-7-8-14(4)16(13(2)3)11-12-17-5/h13-15H,6-12H2,1-5H3. The fourth-order valence-electron chi connectivity index (χ4n) is 2.17. The van der Waals surface area contributed by atoms with Gasteiger partial charge < -0.3 is 10.1 Å². The van der Waals surface area contributed by atoms with Gasteiger partial charge in [-0.25, -0.2) is 0 Å². The molecule has 3 heteroatoms. The molecule has 0 heterocycles. The van der Waals surface area contributed by atoms with Crippen molar-refractivity contribution in [3.05, 3.63) is 0 Å². The molecular weight excluding hydrogens is 212 g/mol. The molecule has 0 spiro atoms. The van der Waals surface area contributed by atoms with Gasteiger partial charge >= 0.3 is 0 Å². The molecule has 0 amide bonds. The van der Waals surface area contributed by atoms with Crippen LogP contribution in [0, 0.1) is 0 Å². The summed E-state index contributed by atoms with van der Waals surface area (Å²) in [4.78, 5) is 2.53. The van der Waals surface area contributed by atoms with Crippen LogP contribution in [-0.4, -0.2) is 50.3 Å². The second-order valence-electron chi connectivity index (χ2n) is 5.07. The molecule has 1 N–H and O–H groups in total. The zero-order valence-electron chi connectivity index (χ0n) is 12.5. The van der Waals surface area contributed by atoms with E-state index >= 15 is 0 Å². The van der Waals surface area contributed by atoms with Crippen LogP contribution in [0.3, 0.4) is 0 Å². The minimum Gasteiger partial charge on any atom is -0.383 e. The molecule has 0 aromatic carbocycles. The Balaban J connectivity index is 3.76. The van der Waals surface area contributed by atoms with Crippen LogP contribution in [-0.2, 0) is 4.74 Å². The first-order valence-corrected chi connectivity index (χ1v) is 7.08. The maximum atomic E-state index is 5.18. The van der Waals surface area contributed by atoms with Crippen molar-refractivity contribution < 1.29 is 4.74 Å². The lowest BCUT2D eigenvalue weighted by Gasteiger charge is -2.32. The summed E-state index contributed by atoms with van der Waals surface area (Å²) in [7, 11) is 1.78. The average Bonchev–Trinajstić information content (AvgIpc) is 2.29. The average molecular weight is 244 g/mol. The van der Waals surface area contributed by atoms with Crippen molar-refractivity contribution in [1.82, 2.24) is 10.2 Å². The van der Waals surface area contributed by atoms with E-state index in [0.717, 1.165) is 26.2 Å². The summed E-state index contributed by atoms with van der Waals surface area (Å²) >= 11 is 0. The lowest BCUT2D eigenvalue weighted by atomic mass is 10.1. The summed E-state index contributed by atoms with van der Waals surface area (Å²) < 4.78 is 5.18. The van der Waals surface area contributed by atoms with Gasteiger partial charge in [0.05, 0.1) is 6.61 Å². The molecule has 0 bridgehead atoms. The van der Waals surface area contributed by atoms with Crippen molar-refractivity contribution in [2.75, 3.05) is 33.4 Å². The maximum Gasteiger partial charge on any atom is 0.0589 e. The van der Waals surface area contributed by atoms with Gasteiger partial charge in [0, 0.05) is 25.7 Å². The fraction of sp³-hybridized carbons (Fsp3) is 1.00. The molecule has 0 aliphatic heterocycles. The second-order valence-corrected chi connectivity index (χ2v) is 5.07. The molecule has 1 atom stereocenters. The molecule has 0 radical (unpaired) electrons. The maximum absolute atomic E-state index is 5.18. The van der Waals surface area contributed by atoms with Crippen molar-refractivity contribution in [3.63, 3.8) is 0 Å². The minimum atomic E-state index is 0.601. The molecule has 3 nitrogen and oxygen atoms in total. The lowest BCUT2D eigenvalue weighted by Crippen LogP contribution is -2.41. The van der Waals surface area contributed by atoms with E-state index in [-0.39, 0.29) is 0 Å². The van der Waals surface area contributed by atoms with Crippen LogP contribution in [0.2, 0.25) is 0 Å². The summed E-state index contributed by atoms with van der Waals surface area (Å²) in [5, 5.41) is 3.46. The van der Waals surface area contributed by atoms with Gasteiger partial charge in [0.1, 0.15) is 0 Å². The van der Waals surface area contributed by atoms with E-state index in [2.05, 4.69) is 37.9 Å². The van der Waals surface area contributed by atoms with Gasteiger partial charge in [-0.15, -0.1) is 0 Å². The van der Waals surface area contributed by atoms with Gasteiger partial charge in [-0.2, -0.15) is 0 Å². The van der Waals surface area contributed by atoms with E-state index in [1.165, 1.54) is 19.3 Å². The zero-order chi connectivity index (χ0) is 13.1. The summed E-state index contributed by atoms with van der Waals surface area (Å²) in [5.74, 6) is 0. The third kappa shape index (κ3) is 8.58. The van der Waals surface area contributed by atoms with Gasteiger partial charge in [-0.3, -0.25) is 4.90 Å². The SMILES string of the molecule is CCCNCCCC(C)N(CCOC)C(C)C. The molecule has 1 unspecified atom stereocenters. The van der Waals surface area contributed by atoms with Gasteiger partial charge in [-0.1, -0.05) is 6.92 Å². The molecule has 0 fully saturated rings. The number of nitrogens with one attached hydrogen (secondary N) is 1. The molecule has 0 aromatic rings. The smallest absolute Gasteiger partial charge is 0.0589 e. The van der Waals surface area contributed by atoms with E-state index in [1.54, 1.807) is 7.11 Å². The first-order valence-electron chi connectivity index (χ1n) is 7.08. The number of rotatable bonds is 11. The van der Waals surface area contributed by atoms with Crippen LogP contribution in [0.25, 0.3) is 0 Å².